The molecule has 2 aliphatic rings. The predicted molar refractivity (Wildman–Crippen MR) is 93.3 cm³/mol. The lowest BCUT2D eigenvalue weighted by molar-refractivity contribution is -0.000951. The number of piperidine rings is 1. The molecule has 0 saturated carbocycles. The van der Waals surface area contributed by atoms with E-state index in [1.54, 1.807) is 18.2 Å². The Bertz CT molecular complexity index is 576. The van der Waals surface area contributed by atoms with E-state index in [1.807, 2.05) is 11.8 Å². The van der Waals surface area contributed by atoms with Crippen molar-refractivity contribution in [2.24, 2.45) is 5.92 Å². The molecule has 1 N–H and O–H groups in total. The number of nitrogens with zero attached hydrogens (tertiary/aromatic N) is 2. The van der Waals surface area contributed by atoms with Crippen LogP contribution in [0.2, 0.25) is 0 Å². The maximum atomic E-state index is 12.7. The quantitative estimate of drug-likeness (QED) is 0.923. The van der Waals surface area contributed by atoms with Crippen LogP contribution in [0.3, 0.4) is 0 Å². The molecule has 0 spiro atoms. The minimum absolute atomic E-state index is 0.0792. The fourth-order valence-corrected chi connectivity index (χ4v) is 3.84. The highest BCUT2D eigenvalue weighted by Crippen LogP contribution is 2.26. The van der Waals surface area contributed by atoms with Gasteiger partial charge in [-0.3, -0.25) is 9.69 Å². The van der Waals surface area contributed by atoms with Gasteiger partial charge < -0.3 is 14.7 Å². The summed E-state index contributed by atoms with van der Waals surface area (Å²) < 4.78 is 5.44. The Morgan fingerprint density at radius 1 is 1.21 bits per heavy atom. The number of rotatable bonds is 3. The third-order valence-electron chi connectivity index (χ3n) is 5.57. The van der Waals surface area contributed by atoms with Gasteiger partial charge in [0.05, 0.1) is 13.2 Å². The molecule has 0 unspecified atom stereocenters. The first-order valence-corrected chi connectivity index (χ1v) is 8.97. The van der Waals surface area contributed by atoms with Crippen molar-refractivity contribution in [3.63, 3.8) is 0 Å². The number of morpholine rings is 1. The Labute approximate surface area is 144 Å². The summed E-state index contributed by atoms with van der Waals surface area (Å²) >= 11 is 0. The van der Waals surface area contributed by atoms with Crippen molar-refractivity contribution in [1.29, 1.82) is 0 Å². The molecule has 24 heavy (non-hydrogen) atoms. The summed E-state index contributed by atoms with van der Waals surface area (Å²) in [6.45, 7) is 9.49. The fraction of sp³-hybridized carbons (Fsp3) is 0.632. The number of phenols is 1. The van der Waals surface area contributed by atoms with Crippen LogP contribution in [0, 0.1) is 12.8 Å². The first-order chi connectivity index (χ1) is 11.6. The molecule has 5 heteroatoms. The lowest BCUT2D eigenvalue weighted by Crippen LogP contribution is -2.49. The number of aromatic hydroxyl groups is 1. The topological polar surface area (TPSA) is 53.0 Å². The number of hydrogen-bond donors (Lipinski definition) is 1. The minimum Gasteiger partial charge on any atom is -0.508 e. The van der Waals surface area contributed by atoms with Gasteiger partial charge in [0, 0.05) is 37.8 Å². The number of likely N-dealkylation sites (tertiary alicyclic amines) is 1. The van der Waals surface area contributed by atoms with Crippen LogP contribution in [0.1, 0.15) is 35.7 Å². The van der Waals surface area contributed by atoms with Gasteiger partial charge in [-0.05, 0) is 56.4 Å². The Kier molecular flexibility index (Phi) is 5.41. The first-order valence-electron chi connectivity index (χ1n) is 8.97. The number of aryl methyl sites for hydroxylation is 1. The second-order valence-corrected chi connectivity index (χ2v) is 7.02. The van der Waals surface area contributed by atoms with E-state index in [2.05, 4.69) is 11.8 Å². The molecule has 1 aromatic rings. The van der Waals surface area contributed by atoms with Crippen LogP contribution in [0.15, 0.2) is 18.2 Å². The second kappa shape index (κ2) is 7.53. The largest absolute Gasteiger partial charge is 0.508 e. The van der Waals surface area contributed by atoms with E-state index in [-0.39, 0.29) is 11.7 Å². The van der Waals surface area contributed by atoms with Gasteiger partial charge in [-0.15, -0.1) is 0 Å². The third kappa shape index (κ3) is 3.73. The molecule has 0 aromatic heterocycles. The molecule has 0 radical (unpaired) electrons. The van der Waals surface area contributed by atoms with Gasteiger partial charge in [0.1, 0.15) is 5.75 Å². The summed E-state index contributed by atoms with van der Waals surface area (Å²) in [6.07, 6.45) is 2.11. The summed E-state index contributed by atoms with van der Waals surface area (Å²) in [5.41, 5.74) is 1.42. The molecule has 1 aromatic carbocycles. The number of hydrogen-bond acceptors (Lipinski definition) is 4. The fourth-order valence-electron chi connectivity index (χ4n) is 3.84. The van der Waals surface area contributed by atoms with Crippen LogP contribution in [-0.2, 0) is 4.74 Å². The van der Waals surface area contributed by atoms with Crippen molar-refractivity contribution in [3.8, 4) is 5.75 Å². The molecular formula is C19H28N2O3. The van der Waals surface area contributed by atoms with Gasteiger partial charge in [0.25, 0.3) is 5.91 Å². The highest BCUT2D eigenvalue weighted by Gasteiger charge is 2.30. The van der Waals surface area contributed by atoms with Gasteiger partial charge in [-0.1, -0.05) is 0 Å². The van der Waals surface area contributed by atoms with Crippen LogP contribution in [0.25, 0.3) is 0 Å². The zero-order valence-corrected chi connectivity index (χ0v) is 14.7. The average Bonchev–Trinajstić information content (AvgIpc) is 2.63. The van der Waals surface area contributed by atoms with Crippen molar-refractivity contribution < 1.29 is 14.6 Å². The van der Waals surface area contributed by atoms with Gasteiger partial charge in [0.15, 0.2) is 0 Å². The van der Waals surface area contributed by atoms with E-state index in [1.165, 1.54) is 0 Å². The summed E-state index contributed by atoms with van der Waals surface area (Å²) in [7, 11) is 0. The van der Waals surface area contributed by atoms with Crippen LogP contribution < -0.4 is 0 Å². The van der Waals surface area contributed by atoms with Crippen LogP contribution in [0.5, 0.6) is 5.75 Å². The Hall–Kier alpha value is -1.59. The molecule has 2 heterocycles. The Balaban J connectivity index is 1.56. The monoisotopic (exact) mass is 332 g/mol. The van der Waals surface area contributed by atoms with Gasteiger partial charge in [0.2, 0.25) is 0 Å². The van der Waals surface area contributed by atoms with E-state index in [0.717, 1.165) is 57.8 Å². The zero-order chi connectivity index (χ0) is 17.1. The normalized spacial score (nSPS) is 21.7. The van der Waals surface area contributed by atoms with Gasteiger partial charge in [-0.25, -0.2) is 0 Å². The standard InChI is InChI=1S/C19H28N2O3/c1-14-13-17(3-4-18(14)22)19(23)21-7-5-16(6-8-21)15(2)20-9-11-24-12-10-20/h3-4,13,15-16,22H,5-12H2,1-2H3/t15-/m0/s1. The number of carbonyl (C=O) groups excluding carboxylic acids is 1. The second-order valence-electron chi connectivity index (χ2n) is 7.02. The lowest BCUT2D eigenvalue weighted by Gasteiger charge is -2.41. The molecular weight excluding hydrogens is 304 g/mol. The van der Waals surface area contributed by atoms with Crippen molar-refractivity contribution in [2.45, 2.75) is 32.7 Å². The molecule has 132 valence electrons. The summed E-state index contributed by atoms with van der Waals surface area (Å²) in [5, 5.41) is 9.62. The van der Waals surface area contributed by atoms with Gasteiger partial charge >= 0.3 is 0 Å². The number of carbonyl (C=O) groups is 1. The number of amides is 1. The first kappa shape index (κ1) is 17.2. The third-order valence-corrected chi connectivity index (χ3v) is 5.57. The summed E-state index contributed by atoms with van der Waals surface area (Å²) in [4.78, 5) is 17.1. The molecule has 5 nitrogen and oxygen atoms in total. The predicted octanol–water partition coefficient (Wildman–Crippen LogP) is 2.27. The van der Waals surface area contributed by atoms with E-state index in [4.69, 9.17) is 4.74 Å². The molecule has 0 bridgehead atoms. The highest BCUT2D eigenvalue weighted by molar-refractivity contribution is 5.94. The highest BCUT2D eigenvalue weighted by atomic mass is 16.5. The molecule has 2 aliphatic heterocycles. The molecule has 1 amide bonds. The van der Waals surface area contributed by atoms with Crippen LogP contribution in [-0.4, -0.2) is 66.2 Å². The van der Waals surface area contributed by atoms with Crippen LogP contribution >= 0.6 is 0 Å². The van der Waals surface area contributed by atoms with E-state index >= 15 is 0 Å². The average molecular weight is 332 g/mol. The van der Waals surface area contributed by atoms with Crippen molar-refractivity contribution >= 4 is 5.91 Å². The van der Waals surface area contributed by atoms with E-state index in [0.29, 0.717) is 17.5 Å². The number of benzene rings is 1. The number of phenolic OH excluding ortho intramolecular Hbond substituents is 1. The van der Waals surface area contributed by atoms with Crippen molar-refractivity contribution in [1.82, 2.24) is 9.80 Å². The smallest absolute Gasteiger partial charge is 0.253 e. The van der Waals surface area contributed by atoms with Crippen molar-refractivity contribution in [3.05, 3.63) is 29.3 Å². The van der Waals surface area contributed by atoms with E-state index in [9.17, 15) is 9.90 Å². The molecule has 3 rings (SSSR count). The van der Waals surface area contributed by atoms with Crippen LogP contribution in [0.4, 0.5) is 0 Å². The SMILES string of the molecule is Cc1cc(C(=O)N2CCC([C@H](C)N3CCOCC3)CC2)ccc1O. The van der Waals surface area contributed by atoms with Gasteiger partial charge in [-0.2, -0.15) is 0 Å². The Morgan fingerprint density at radius 2 is 1.88 bits per heavy atom. The number of ether oxygens (including phenoxy) is 1. The summed E-state index contributed by atoms with van der Waals surface area (Å²) in [6, 6.07) is 5.66. The lowest BCUT2D eigenvalue weighted by atomic mass is 9.89. The molecule has 2 saturated heterocycles. The molecule has 2 fully saturated rings. The van der Waals surface area contributed by atoms with E-state index < -0.39 is 0 Å². The van der Waals surface area contributed by atoms with Crippen molar-refractivity contribution in [2.75, 3.05) is 39.4 Å². The maximum Gasteiger partial charge on any atom is 0.253 e. The zero-order valence-electron chi connectivity index (χ0n) is 14.7. The summed E-state index contributed by atoms with van der Waals surface area (Å²) in [5.74, 6) is 0.967. The molecule has 1 atom stereocenters. The maximum absolute atomic E-state index is 12.7. The Morgan fingerprint density at radius 3 is 2.50 bits per heavy atom. The minimum atomic E-state index is 0.0792. The molecule has 0 aliphatic carbocycles.